The number of carbonyl (C=O) groups excluding carboxylic acids is 3. The first kappa shape index (κ1) is 25.2. The highest BCUT2D eigenvalue weighted by molar-refractivity contribution is 5.89. The molecule has 0 aromatic carbocycles. The van der Waals surface area contributed by atoms with Gasteiger partial charge in [-0.25, -0.2) is 9.59 Å². The van der Waals surface area contributed by atoms with Gasteiger partial charge in [0.05, 0.1) is 13.7 Å². The highest BCUT2D eigenvalue weighted by Crippen LogP contribution is 2.08. The van der Waals surface area contributed by atoms with Crippen LogP contribution >= 0.6 is 0 Å². The molecule has 2 unspecified atom stereocenters. The molecule has 0 bridgehead atoms. The van der Waals surface area contributed by atoms with Crippen LogP contribution in [0.15, 0.2) is 0 Å². The molecule has 7 nitrogen and oxygen atoms in total. The lowest BCUT2D eigenvalue weighted by molar-refractivity contribution is -0.147. The third-order valence-corrected chi connectivity index (χ3v) is 4.21. The van der Waals surface area contributed by atoms with Crippen LogP contribution in [0.5, 0.6) is 0 Å². The summed E-state index contributed by atoms with van der Waals surface area (Å²) in [6.07, 6.45) is 7.78. The lowest BCUT2D eigenvalue weighted by Gasteiger charge is -2.21. The van der Waals surface area contributed by atoms with Crippen molar-refractivity contribution in [1.82, 2.24) is 10.6 Å². The summed E-state index contributed by atoms with van der Waals surface area (Å²) in [5.74, 6) is -0.692. The molecule has 0 aliphatic heterocycles. The Bertz CT molecular complexity index is 440. The molecule has 7 heteroatoms. The highest BCUT2D eigenvalue weighted by atomic mass is 16.5. The number of nitrogens with one attached hydrogen (secondary N) is 2. The topological polar surface area (TPSA) is 93.7 Å². The van der Waals surface area contributed by atoms with E-state index in [4.69, 9.17) is 4.74 Å². The Morgan fingerprint density at radius 2 is 1.48 bits per heavy atom. The van der Waals surface area contributed by atoms with Crippen LogP contribution in [0.3, 0.4) is 0 Å². The quantitative estimate of drug-likeness (QED) is 0.352. The van der Waals surface area contributed by atoms with Gasteiger partial charge in [0.2, 0.25) is 5.91 Å². The lowest BCUT2D eigenvalue weighted by atomic mass is 10.0. The van der Waals surface area contributed by atoms with Gasteiger partial charge in [0, 0.05) is 0 Å². The number of amides is 2. The molecule has 27 heavy (non-hydrogen) atoms. The molecule has 0 rings (SSSR count). The largest absolute Gasteiger partial charge is 0.464 e. The Morgan fingerprint density at radius 3 is 2.04 bits per heavy atom. The number of alkyl carbamates (subject to hydrolysis) is 1. The van der Waals surface area contributed by atoms with Crippen LogP contribution < -0.4 is 10.6 Å². The Balaban J connectivity index is 4.18. The number of carbonyl (C=O) groups is 3. The van der Waals surface area contributed by atoms with Crippen LogP contribution in [0.2, 0.25) is 0 Å². The molecule has 2 atom stereocenters. The van der Waals surface area contributed by atoms with Crippen LogP contribution in [0.25, 0.3) is 0 Å². The summed E-state index contributed by atoms with van der Waals surface area (Å²) in [4.78, 5) is 35.8. The van der Waals surface area contributed by atoms with Crippen LogP contribution in [-0.4, -0.2) is 43.8 Å². The zero-order chi connectivity index (χ0) is 20.7. The SMILES string of the molecule is CCCCCCCCCOC(=O)C(C)NC(=O)C(CC(C)C)NC(=O)OC. The van der Waals surface area contributed by atoms with Crippen molar-refractivity contribution in [3.63, 3.8) is 0 Å². The van der Waals surface area contributed by atoms with Gasteiger partial charge in [-0.15, -0.1) is 0 Å². The molecule has 0 saturated carbocycles. The fraction of sp³-hybridized carbons (Fsp3) is 0.850. The minimum absolute atomic E-state index is 0.192. The molecular formula is C20H38N2O5. The summed E-state index contributed by atoms with van der Waals surface area (Å²) in [6, 6.07) is -1.52. The van der Waals surface area contributed by atoms with E-state index in [-0.39, 0.29) is 5.92 Å². The second-order valence-corrected chi connectivity index (χ2v) is 7.34. The Morgan fingerprint density at radius 1 is 0.889 bits per heavy atom. The van der Waals surface area contributed by atoms with Gasteiger partial charge in [-0.3, -0.25) is 4.79 Å². The first-order valence-corrected chi connectivity index (χ1v) is 10.1. The van der Waals surface area contributed by atoms with E-state index < -0.39 is 30.1 Å². The maximum absolute atomic E-state index is 12.4. The van der Waals surface area contributed by atoms with Gasteiger partial charge >= 0.3 is 12.1 Å². The van der Waals surface area contributed by atoms with Crippen molar-refractivity contribution in [2.45, 2.75) is 91.1 Å². The van der Waals surface area contributed by atoms with Crippen molar-refractivity contribution in [3.8, 4) is 0 Å². The number of hydrogen-bond donors (Lipinski definition) is 2. The zero-order valence-electron chi connectivity index (χ0n) is 17.6. The van der Waals surface area contributed by atoms with Crippen molar-refractivity contribution >= 4 is 18.0 Å². The highest BCUT2D eigenvalue weighted by Gasteiger charge is 2.26. The maximum atomic E-state index is 12.4. The second-order valence-electron chi connectivity index (χ2n) is 7.34. The predicted octanol–water partition coefficient (Wildman–Crippen LogP) is 3.56. The van der Waals surface area contributed by atoms with Crippen molar-refractivity contribution < 1.29 is 23.9 Å². The minimum Gasteiger partial charge on any atom is -0.464 e. The van der Waals surface area contributed by atoms with E-state index in [2.05, 4.69) is 22.3 Å². The smallest absolute Gasteiger partial charge is 0.407 e. The fourth-order valence-corrected chi connectivity index (χ4v) is 2.63. The standard InChI is InChI=1S/C20H38N2O5/c1-6-7-8-9-10-11-12-13-27-19(24)16(4)21-18(23)17(14-15(2)3)22-20(25)26-5/h15-17H,6-14H2,1-5H3,(H,21,23)(H,22,25). The van der Waals surface area contributed by atoms with Crippen molar-refractivity contribution in [1.29, 1.82) is 0 Å². The van der Waals surface area contributed by atoms with Crippen LogP contribution in [-0.2, 0) is 19.1 Å². The number of ether oxygens (including phenoxy) is 2. The molecular weight excluding hydrogens is 348 g/mol. The molecule has 0 aliphatic carbocycles. The third kappa shape index (κ3) is 13.1. The number of methoxy groups -OCH3 is 1. The van der Waals surface area contributed by atoms with Gasteiger partial charge in [-0.05, 0) is 25.7 Å². The summed E-state index contributed by atoms with van der Waals surface area (Å²) in [7, 11) is 1.24. The fourth-order valence-electron chi connectivity index (χ4n) is 2.63. The number of unbranched alkanes of at least 4 members (excludes halogenated alkanes) is 6. The van der Waals surface area contributed by atoms with Crippen molar-refractivity contribution in [3.05, 3.63) is 0 Å². The monoisotopic (exact) mass is 386 g/mol. The predicted molar refractivity (Wildman–Crippen MR) is 105 cm³/mol. The molecule has 0 radical (unpaired) electrons. The Hall–Kier alpha value is -1.79. The van der Waals surface area contributed by atoms with Gasteiger partial charge < -0.3 is 20.1 Å². The molecule has 2 N–H and O–H groups in total. The number of esters is 1. The summed E-state index contributed by atoms with van der Waals surface area (Å²) in [5.41, 5.74) is 0. The van der Waals surface area contributed by atoms with Gasteiger partial charge in [-0.2, -0.15) is 0 Å². The van der Waals surface area contributed by atoms with Gasteiger partial charge in [0.1, 0.15) is 12.1 Å². The first-order chi connectivity index (χ1) is 12.8. The summed E-state index contributed by atoms with van der Waals surface area (Å²) >= 11 is 0. The molecule has 0 aromatic heterocycles. The third-order valence-electron chi connectivity index (χ3n) is 4.21. The summed E-state index contributed by atoms with van der Waals surface area (Å²) in [5, 5.41) is 5.10. The molecule has 0 aromatic rings. The Kier molecular flexibility index (Phi) is 14.3. The van der Waals surface area contributed by atoms with E-state index in [9.17, 15) is 14.4 Å². The normalized spacial score (nSPS) is 13.0. The van der Waals surface area contributed by atoms with E-state index in [1.807, 2.05) is 13.8 Å². The summed E-state index contributed by atoms with van der Waals surface area (Å²) in [6.45, 7) is 8.02. The van der Waals surface area contributed by atoms with Crippen molar-refractivity contribution in [2.24, 2.45) is 5.92 Å². The molecule has 0 fully saturated rings. The summed E-state index contributed by atoms with van der Waals surface area (Å²) < 4.78 is 9.78. The number of hydrogen-bond acceptors (Lipinski definition) is 5. The molecule has 0 heterocycles. The van der Waals surface area contributed by atoms with Gasteiger partial charge in [-0.1, -0.05) is 59.3 Å². The molecule has 0 spiro atoms. The molecule has 158 valence electrons. The average Bonchev–Trinajstić information content (AvgIpc) is 2.62. The molecule has 0 saturated heterocycles. The van der Waals surface area contributed by atoms with Crippen LogP contribution in [0.1, 0.15) is 79.1 Å². The lowest BCUT2D eigenvalue weighted by Crippen LogP contribution is -2.51. The van der Waals surface area contributed by atoms with E-state index in [1.54, 1.807) is 6.92 Å². The van der Waals surface area contributed by atoms with Gasteiger partial charge in [0.25, 0.3) is 0 Å². The van der Waals surface area contributed by atoms with Crippen LogP contribution in [0.4, 0.5) is 4.79 Å². The van der Waals surface area contributed by atoms with E-state index in [0.29, 0.717) is 13.0 Å². The second kappa shape index (κ2) is 15.3. The van der Waals surface area contributed by atoms with E-state index in [0.717, 1.165) is 19.3 Å². The van der Waals surface area contributed by atoms with E-state index >= 15 is 0 Å². The molecule has 0 aliphatic rings. The first-order valence-electron chi connectivity index (χ1n) is 10.1. The van der Waals surface area contributed by atoms with E-state index in [1.165, 1.54) is 32.8 Å². The minimum atomic E-state index is -0.767. The average molecular weight is 387 g/mol. The Labute approximate surface area is 163 Å². The van der Waals surface area contributed by atoms with Crippen LogP contribution in [0, 0.1) is 5.92 Å². The number of rotatable bonds is 14. The van der Waals surface area contributed by atoms with Crippen molar-refractivity contribution in [2.75, 3.05) is 13.7 Å². The maximum Gasteiger partial charge on any atom is 0.407 e. The zero-order valence-corrected chi connectivity index (χ0v) is 17.6. The molecule has 2 amide bonds. The van der Waals surface area contributed by atoms with Gasteiger partial charge in [0.15, 0.2) is 0 Å².